The average Bonchev–Trinajstić information content (AvgIpc) is 2.40. The number of primary amides is 1. The molecule has 0 aliphatic carbocycles. The molecule has 1 aromatic carbocycles. The van der Waals surface area contributed by atoms with Crippen molar-refractivity contribution in [3.05, 3.63) is 33.8 Å². The molecule has 104 valence electrons. The fourth-order valence-corrected chi connectivity index (χ4v) is 2.39. The first-order chi connectivity index (χ1) is 9.06. The van der Waals surface area contributed by atoms with Crippen LogP contribution >= 0.6 is 23.2 Å². The van der Waals surface area contributed by atoms with Gasteiger partial charge in [0, 0.05) is 26.1 Å². The van der Waals surface area contributed by atoms with Crippen molar-refractivity contribution >= 4 is 29.1 Å². The van der Waals surface area contributed by atoms with Crippen LogP contribution in [0.1, 0.15) is 18.1 Å². The number of hydrogen-bond acceptors (Lipinski definition) is 3. The van der Waals surface area contributed by atoms with Gasteiger partial charge in [0.1, 0.15) is 0 Å². The van der Waals surface area contributed by atoms with Crippen LogP contribution in [0.4, 0.5) is 0 Å². The van der Waals surface area contributed by atoms with Gasteiger partial charge in [-0.25, -0.2) is 0 Å². The predicted molar refractivity (Wildman–Crippen MR) is 75.4 cm³/mol. The molecule has 19 heavy (non-hydrogen) atoms. The third-order valence-electron chi connectivity index (χ3n) is 3.14. The molecule has 1 fully saturated rings. The molecule has 2 rings (SSSR count). The van der Waals surface area contributed by atoms with Crippen LogP contribution in [0.2, 0.25) is 10.0 Å². The van der Waals surface area contributed by atoms with Crippen molar-refractivity contribution in [1.82, 2.24) is 4.90 Å². The zero-order valence-corrected chi connectivity index (χ0v) is 12.0. The van der Waals surface area contributed by atoms with E-state index in [1.165, 1.54) is 0 Å². The number of benzene rings is 1. The largest absolute Gasteiger partial charge is 0.371 e. The Hall–Kier alpha value is -0.810. The summed E-state index contributed by atoms with van der Waals surface area (Å²) < 4.78 is 5.74. The number of ether oxygens (including phenoxy) is 1. The second kappa shape index (κ2) is 6.57. The lowest BCUT2D eigenvalue weighted by molar-refractivity contribution is -0.118. The lowest BCUT2D eigenvalue weighted by Crippen LogP contribution is -2.39. The number of halogens is 2. The quantitative estimate of drug-likeness (QED) is 0.928. The van der Waals surface area contributed by atoms with Gasteiger partial charge in [-0.05, 0) is 17.7 Å². The van der Waals surface area contributed by atoms with Crippen molar-refractivity contribution in [2.75, 3.05) is 26.2 Å². The molecule has 1 aromatic rings. The van der Waals surface area contributed by atoms with Gasteiger partial charge in [-0.15, -0.1) is 0 Å². The second-order valence-electron chi connectivity index (χ2n) is 4.55. The molecule has 0 spiro atoms. The van der Waals surface area contributed by atoms with E-state index < -0.39 is 0 Å². The van der Waals surface area contributed by atoms with Crippen LogP contribution in [-0.4, -0.2) is 37.0 Å². The van der Waals surface area contributed by atoms with E-state index >= 15 is 0 Å². The topological polar surface area (TPSA) is 55.6 Å². The molecule has 6 heteroatoms. The molecule has 4 nitrogen and oxygen atoms in total. The predicted octanol–water partition coefficient (Wildman–Crippen LogP) is 2.24. The minimum atomic E-state index is -0.280. The molecule has 0 bridgehead atoms. The van der Waals surface area contributed by atoms with Crippen molar-refractivity contribution in [2.45, 2.75) is 12.5 Å². The fraction of sp³-hybridized carbons (Fsp3) is 0.462. The number of rotatable bonds is 4. The summed E-state index contributed by atoms with van der Waals surface area (Å²) in [6, 6.07) is 5.51. The zero-order chi connectivity index (χ0) is 13.8. The molecule has 0 aromatic heterocycles. The number of morpholine rings is 1. The van der Waals surface area contributed by atoms with Gasteiger partial charge in [0.25, 0.3) is 0 Å². The Kier molecular flexibility index (Phi) is 5.05. The molecular formula is C13H16Cl2N2O2. The van der Waals surface area contributed by atoms with Gasteiger partial charge in [-0.2, -0.15) is 0 Å². The van der Waals surface area contributed by atoms with E-state index in [4.69, 9.17) is 33.7 Å². The summed E-state index contributed by atoms with van der Waals surface area (Å²) in [5.41, 5.74) is 6.16. The van der Waals surface area contributed by atoms with Gasteiger partial charge in [-0.1, -0.05) is 29.3 Å². The highest BCUT2D eigenvalue weighted by atomic mass is 35.5. The van der Waals surface area contributed by atoms with Crippen LogP contribution in [-0.2, 0) is 9.53 Å². The SMILES string of the molecule is NC(=O)CCN1CCO[C@H](c2ccc(Cl)c(Cl)c2)C1. The molecule has 2 N–H and O–H groups in total. The number of amides is 1. The standard InChI is InChI=1S/C13H16Cl2N2O2/c14-10-2-1-9(7-11(10)15)12-8-17(5-6-19-12)4-3-13(16)18/h1-2,7,12H,3-6,8H2,(H2,16,18)/t12-/m0/s1. The number of carbonyl (C=O) groups is 1. The number of nitrogens with zero attached hydrogens (tertiary/aromatic N) is 1. The second-order valence-corrected chi connectivity index (χ2v) is 5.36. The highest BCUT2D eigenvalue weighted by Crippen LogP contribution is 2.28. The van der Waals surface area contributed by atoms with Gasteiger partial charge in [-0.3, -0.25) is 9.69 Å². The summed E-state index contributed by atoms with van der Waals surface area (Å²) in [5, 5.41) is 1.06. The van der Waals surface area contributed by atoms with E-state index in [1.807, 2.05) is 12.1 Å². The number of nitrogens with two attached hydrogens (primary N) is 1. The van der Waals surface area contributed by atoms with Crippen LogP contribution in [0.5, 0.6) is 0 Å². The first-order valence-electron chi connectivity index (χ1n) is 6.13. The Labute approximate surface area is 122 Å². The molecule has 1 amide bonds. The third-order valence-corrected chi connectivity index (χ3v) is 3.88. The van der Waals surface area contributed by atoms with Crippen LogP contribution in [0.15, 0.2) is 18.2 Å². The Morgan fingerprint density at radius 2 is 2.21 bits per heavy atom. The molecule has 0 saturated carbocycles. The summed E-state index contributed by atoms with van der Waals surface area (Å²) in [5.74, 6) is -0.280. The summed E-state index contributed by atoms with van der Waals surface area (Å²) in [7, 11) is 0. The van der Waals surface area contributed by atoms with Crippen molar-refractivity contribution in [3.63, 3.8) is 0 Å². The molecule has 1 saturated heterocycles. The Balaban J connectivity index is 2.00. The van der Waals surface area contributed by atoms with E-state index in [2.05, 4.69) is 4.90 Å². The monoisotopic (exact) mass is 302 g/mol. The highest BCUT2D eigenvalue weighted by Gasteiger charge is 2.22. The molecular weight excluding hydrogens is 287 g/mol. The van der Waals surface area contributed by atoms with Gasteiger partial charge in [0.15, 0.2) is 0 Å². The zero-order valence-electron chi connectivity index (χ0n) is 10.4. The minimum Gasteiger partial charge on any atom is -0.371 e. The molecule has 1 aliphatic heterocycles. The van der Waals surface area contributed by atoms with Crippen molar-refractivity contribution in [3.8, 4) is 0 Å². The van der Waals surface area contributed by atoms with Crippen molar-refractivity contribution in [1.29, 1.82) is 0 Å². The lowest BCUT2D eigenvalue weighted by Gasteiger charge is -2.33. The van der Waals surface area contributed by atoms with Crippen molar-refractivity contribution < 1.29 is 9.53 Å². The van der Waals surface area contributed by atoms with Crippen LogP contribution < -0.4 is 5.73 Å². The first-order valence-corrected chi connectivity index (χ1v) is 6.89. The molecule has 0 radical (unpaired) electrons. The Morgan fingerprint density at radius 1 is 1.42 bits per heavy atom. The minimum absolute atomic E-state index is 0.0450. The van der Waals surface area contributed by atoms with Crippen molar-refractivity contribution in [2.24, 2.45) is 5.73 Å². The summed E-state index contributed by atoms with van der Waals surface area (Å²) in [4.78, 5) is 13.0. The average molecular weight is 303 g/mol. The van der Waals surface area contributed by atoms with Gasteiger partial charge >= 0.3 is 0 Å². The van der Waals surface area contributed by atoms with E-state index in [9.17, 15) is 4.79 Å². The van der Waals surface area contributed by atoms with Gasteiger partial charge in [0.2, 0.25) is 5.91 Å². The van der Waals surface area contributed by atoms with E-state index in [0.717, 1.165) is 18.7 Å². The van der Waals surface area contributed by atoms with Crippen LogP contribution in [0.25, 0.3) is 0 Å². The number of carbonyl (C=O) groups excluding carboxylic acids is 1. The van der Waals surface area contributed by atoms with Crippen LogP contribution in [0.3, 0.4) is 0 Å². The van der Waals surface area contributed by atoms with E-state index in [0.29, 0.717) is 29.6 Å². The normalized spacial score (nSPS) is 20.4. The molecule has 1 aliphatic rings. The molecule has 0 unspecified atom stereocenters. The third kappa shape index (κ3) is 4.08. The molecule has 1 atom stereocenters. The Bertz CT molecular complexity index is 468. The maximum Gasteiger partial charge on any atom is 0.218 e. The van der Waals surface area contributed by atoms with E-state index in [1.54, 1.807) is 6.07 Å². The first kappa shape index (κ1) is 14.6. The fourth-order valence-electron chi connectivity index (χ4n) is 2.09. The Morgan fingerprint density at radius 3 is 2.89 bits per heavy atom. The smallest absolute Gasteiger partial charge is 0.218 e. The number of hydrogen-bond donors (Lipinski definition) is 1. The van der Waals surface area contributed by atoms with Gasteiger partial charge < -0.3 is 10.5 Å². The summed E-state index contributed by atoms with van der Waals surface area (Å²) >= 11 is 11.9. The maximum absolute atomic E-state index is 10.8. The lowest BCUT2D eigenvalue weighted by atomic mass is 10.1. The van der Waals surface area contributed by atoms with E-state index in [-0.39, 0.29) is 12.0 Å². The van der Waals surface area contributed by atoms with Crippen LogP contribution in [0, 0.1) is 0 Å². The summed E-state index contributed by atoms with van der Waals surface area (Å²) in [6.45, 7) is 2.83. The maximum atomic E-state index is 10.8. The summed E-state index contributed by atoms with van der Waals surface area (Å²) in [6.07, 6.45) is 0.324. The van der Waals surface area contributed by atoms with Gasteiger partial charge in [0.05, 0.1) is 22.8 Å². The molecule has 1 heterocycles. The highest BCUT2D eigenvalue weighted by molar-refractivity contribution is 6.42.